The van der Waals surface area contributed by atoms with Gasteiger partial charge in [0.1, 0.15) is 5.75 Å². The average molecular weight is 233 g/mol. The Hall–Kier alpha value is -2.15. The molecule has 0 unspecified atom stereocenters. The molecule has 0 aromatic heterocycles. The third-order valence-electron chi connectivity index (χ3n) is 2.32. The summed E-state index contributed by atoms with van der Waals surface area (Å²) >= 11 is 0. The van der Waals surface area contributed by atoms with E-state index in [-0.39, 0.29) is 6.42 Å². The number of benzene rings is 1. The number of anilines is 1. The first-order valence-corrected chi connectivity index (χ1v) is 5.21. The van der Waals surface area contributed by atoms with E-state index in [1.54, 1.807) is 7.11 Å². The smallest absolute Gasteiger partial charge is 0.305 e. The van der Waals surface area contributed by atoms with E-state index in [9.17, 15) is 4.79 Å². The molecule has 17 heavy (non-hydrogen) atoms. The molecule has 1 aromatic carbocycles. The highest BCUT2D eigenvalue weighted by Gasteiger charge is 2.07. The Morgan fingerprint density at radius 3 is 2.59 bits per heavy atom. The second kappa shape index (κ2) is 6.44. The standard InChI is InChI=1S/C13H15NO3/c1-3-9-14(10-8-13(15)16)11-4-6-12(17-2)7-5-11/h1,4-7H,8-10H2,2H3,(H,15,16). The summed E-state index contributed by atoms with van der Waals surface area (Å²) in [5.41, 5.74) is 0.894. The molecule has 0 saturated carbocycles. The Bertz CT molecular complexity index is 406. The fraction of sp³-hybridized carbons (Fsp3) is 0.308. The van der Waals surface area contributed by atoms with Gasteiger partial charge in [-0.3, -0.25) is 4.79 Å². The zero-order chi connectivity index (χ0) is 12.7. The highest BCUT2D eigenvalue weighted by molar-refractivity contribution is 5.67. The topological polar surface area (TPSA) is 49.8 Å². The van der Waals surface area contributed by atoms with Crippen LogP contribution < -0.4 is 9.64 Å². The van der Waals surface area contributed by atoms with Gasteiger partial charge in [0.25, 0.3) is 0 Å². The van der Waals surface area contributed by atoms with Crippen LogP contribution in [0, 0.1) is 12.3 Å². The molecule has 0 saturated heterocycles. The molecule has 0 heterocycles. The van der Waals surface area contributed by atoms with Crippen LogP contribution in [-0.2, 0) is 4.79 Å². The fourth-order valence-electron chi connectivity index (χ4n) is 1.43. The number of terminal acetylenes is 1. The second-order valence-corrected chi connectivity index (χ2v) is 3.47. The zero-order valence-electron chi connectivity index (χ0n) is 9.72. The van der Waals surface area contributed by atoms with E-state index in [1.165, 1.54) is 0 Å². The van der Waals surface area contributed by atoms with Crippen LogP contribution in [0.4, 0.5) is 5.69 Å². The molecule has 1 aromatic rings. The summed E-state index contributed by atoms with van der Waals surface area (Å²) in [6.07, 6.45) is 5.33. The molecule has 1 rings (SSSR count). The minimum atomic E-state index is -0.833. The van der Waals surface area contributed by atoms with Crippen molar-refractivity contribution >= 4 is 11.7 Å². The Morgan fingerprint density at radius 2 is 2.12 bits per heavy atom. The number of rotatable bonds is 6. The Balaban J connectivity index is 2.74. The first-order chi connectivity index (χ1) is 8.17. The number of methoxy groups -OCH3 is 1. The van der Waals surface area contributed by atoms with E-state index >= 15 is 0 Å². The summed E-state index contributed by atoms with van der Waals surface area (Å²) in [5.74, 6) is 2.44. The van der Waals surface area contributed by atoms with E-state index in [1.807, 2.05) is 29.2 Å². The monoisotopic (exact) mass is 233 g/mol. The van der Waals surface area contributed by atoms with Crippen molar-refractivity contribution in [1.29, 1.82) is 0 Å². The molecule has 0 amide bonds. The SMILES string of the molecule is C#CCN(CCC(=O)O)c1ccc(OC)cc1. The Labute approximate surface area is 101 Å². The zero-order valence-corrected chi connectivity index (χ0v) is 9.72. The summed E-state index contributed by atoms with van der Waals surface area (Å²) < 4.78 is 5.05. The maximum Gasteiger partial charge on any atom is 0.305 e. The molecule has 0 fully saturated rings. The Kier molecular flexibility index (Phi) is 4.89. The van der Waals surface area contributed by atoms with Gasteiger partial charge in [-0.25, -0.2) is 0 Å². The van der Waals surface area contributed by atoms with Crippen molar-refractivity contribution in [2.45, 2.75) is 6.42 Å². The predicted octanol–water partition coefficient (Wildman–Crippen LogP) is 1.61. The Morgan fingerprint density at radius 1 is 1.47 bits per heavy atom. The van der Waals surface area contributed by atoms with Crippen molar-refractivity contribution in [2.24, 2.45) is 0 Å². The molecule has 0 bridgehead atoms. The van der Waals surface area contributed by atoms with E-state index in [0.717, 1.165) is 11.4 Å². The van der Waals surface area contributed by atoms with Crippen LogP contribution in [0.5, 0.6) is 5.75 Å². The lowest BCUT2D eigenvalue weighted by Crippen LogP contribution is -2.26. The fourth-order valence-corrected chi connectivity index (χ4v) is 1.43. The van der Waals surface area contributed by atoms with Crippen LogP contribution in [0.25, 0.3) is 0 Å². The quantitative estimate of drug-likeness (QED) is 0.758. The summed E-state index contributed by atoms with van der Waals surface area (Å²) in [6, 6.07) is 7.36. The molecule has 0 aliphatic heterocycles. The third-order valence-corrected chi connectivity index (χ3v) is 2.32. The van der Waals surface area contributed by atoms with Gasteiger partial charge < -0.3 is 14.7 Å². The molecular formula is C13H15NO3. The van der Waals surface area contributed by atoms with Crippen LogP contribution in [0.2, 0.25) is 0 Å². The van der Waals surface area contributed by atoms with Gasteiger partial charge in [0.05, 0.1) is 20.1 Å². The van der Waals surface area contributed by atoms with Crippen LogP contribution in [0.3, 0.4) is 0 Å². The van der Waals surface area contributed by atoms with Crippen molar-refractivity contribution in [3.63, 3.8) is 0 Å². The first-order valence-electron chi connectivity index (χ1n) is 5.21. The first kappa shape index (κ1) is 12.9. The van der Waals surface area contributed by atoms with E-state index in [0.29, 0.717) is 13.1 Å². The molecule has 0 atom stereocenters. The number of carboxylic acid groups (broad SMARTS) is 1. The largest absolute Gasteiger partial charge is 0.497 e. The van der Waals surface area contributed by atoms with Crippen LogP contribution in [-0.4, -0.2) is 31.3 Å². The maximum absolute atomic E-state index is 10.5. The molecular weight excluding hydrogens is 218 g/mol. The molecule has 0 spiro atoms. The van der Waals surface area contributed by atoms with E-state index in [2.05, 4.69) is 5.92 Å². The van der Waals surface area contributed by atoms with Gasteiger partial charge in [-0.2, -0.15) is 0 Å². The number of ether oxygens (including phenoxy) is 1. The minimum absolute atomic E-state index is 0.0632. The van der Waals surface area contributed by atoms with Gasteiger partial charge >= 0.3 is 5.97 Å². The van der Waals surface area contributed by atoms with Crippen molar-refractivity contribution in [3.05, 3.63) is 24.3 Å². The van der Waals surface area contributed by atoms with Gasteiger partial charge in [0, 0.05) is 12.2 Å². The van der Waals surface area contributed by atoms with Crippen molar-refractivity contribution in [3.8, 4) is 18.1 Å². The van der Waals surface area contributed by atoms with Gasteiger partial charge in [0.15, 0.2) is 0 Å². The highest BCUT2D eigenvalue weighted by Crippen LogP contribution is 2.19. The number of hydrogen-bond donors (Lipinski definition) is 1. The van der Waals surface area contributed by atoms with Crippen molar-refractivity contribution in [2.75, 3.05) is 25.1 Å². The number of carbonyl (C=O) groups is 1. The summed E-state index contributed by atoms with van der Waals surface area (Å²) in [7, 11) is 1.60. The molecule has 90 valence electrons. The second-order valence-electron chi connectivity index (χ2n) is 3.47. The lowest BCUT2D eigenvalue weighted by Gasteiger charge is -2.21. The molecule has 0 radical (unpaired) electrons. The highest BCUT2D eigenvalue weighted by atomic mass is 16.5. The van der Waals surface area contributed by atoms with Crippen LogP contribution in [0.1, 0.15) is 6.42 Å². The maximum atomic E-state index is 10.5. The summed E-state index contributed by atoms with van der Waals surface area (Å²) in [5, 5.41) is 8.66. The molecule has 4 nitrogen and oxygen atoms in total. The number of aliphatic carboxylic acids is 1. The van der Waals surface area contributed by atoms with Gasteiger partial charge in [-0.1, -0.05) is 5.92 Å². The van der Waals surface area contributed by atoms with Crippen molar-refractivity contribution in [1.82, 2.24) is 0 Å². The normalized spacial score (nSPS) is 9.41. The van der Waals surface area contributed by atoms with E-state index < -0.39 is 5.97 Å². The number of hydrogen-bond acceptors (Lipinski definition) is 3. The third kappa shape index (κ3) is 4.07. The summed E-state index contributed by atoms with van der Waals surface area (Å²) in [4.78, 5) is 12.4. The molecule has 0 aliphatic carbocycles. The number of carboxylic acids is 1. The number of nitrogens with zero attached hydrogens (tertiary/aromatic N) is 1. The lowest BCUT2D eigenvalue weighted by atomic mass is 10.2. The predicted molar refractivity (Wildman–Crippen MR) is 66.3 cm³/mol. The van der Waals surface area contributed by atoms with Crippen LogP contribution in [0.15, 0.2) is 24.3 Å². The lowest BCUT2D eigenvalue weighted by molar-refractivity contribution is -0.136. The van der Waals surface area contributed by atoms with E-state index in [4.69, 9.17) is 16.3 Å². The van der Waals surface area contributed by atoms with Crippen molar-refractivity contribution < 1.29 is 14.6 Å². The van der Waals surface area contributed by atoms with Gasteiger partial charge in [0.2, 0.25) is 0 Å². The van der Waals surface area contributed by atoms with Gasteiger partial charge in [-0.05, 0) is 24.3 Å². The molecule has 0 aliphatic rings. The average Bonchev–Trinajstić information content (AvgIpc) is 2.34. The molecule has 1 N–H and O–H groups in total. The van der Waals surface area contributed by atoms with Crippen LogP contribution >= 0.6 is 0 Å². The summed E-state index contributed by atoms with van der Waals surface area (Å²) in [6.45, 7) is 0.783. The molecule has 4 heteroatoms. The van der Waals surface area contributed by atoms with Gasteiger partial charge in [-0.15, -0.1) is 6.42 Å². The minimum Gasteiger partial charge on any atom is -0.497 e.